The average molecular weight is 450 g/mol. The molecule has 1 fully saturated rings. The van der Waals surface area contributed by atoms with Gasteiger partial charge in [-0.3, -0.25) is 14.9 Å². The number of amides is 1. The van der Waals surface area contributed by atoms with E-state index in [1.807, 2.05) is 32.0 Å². The summed E-state index contributed by atoms with van der Waals surface area (Å²) in [6.45, 7) is 4.78. The minimum atomic E-state index is -4.00. The lowest BCUT2D eigenvalue weighted by Gasteiger charge is -2.33. The second-order valence-electron chi connectivity index (χ2n) is 7.04. The van der Waals surface area contributed by atoms with Crippen LogP contribution in [0.15, 0.2) is 52.3 Å². The molecule has 1 aliphatic heterocycles. The number of sulfonamides is 1. The summed E-state index contributed by atoms with van der Waals surface area (Å²) in [7, 11) is -4.00. The SMILES string of the molecule is Cc1ccc(SCC(=O)N2CCN(S(=O)(=O)c3ccccc3[N+](=O)[O-])CC2)cc1C. The summed E-state index contributed by atoms with van der Waals surface area (Å²) in [4.78, 5) is 25.4. The number of thioether (sulfide) groups is 1. The molecule has 2 aromatic rings. The lowest BCUT2D eigenvalue weighted by molar-refractivity contribution is -0.387. The summed E-state index contributed by atoms with van der Waals surface area (Å²) in [5, 5.41) is 11.2. The molecule has 0 atom stereocenters. The van der Waals surface area contributed by atoms with Crippen LogP contribution in [0.2, 0.25) is 0 Å². The van der Waals surface area contributed by atoms with E-state index in [-0.39, 0.29) is 42.7 Å². The summed E-state index contributed by atoms with van der Waals surface area (Å²) < 4.78 is 27.0. The van der Waals surface area contributed by atoms with Gasteiger partial charge in [0.1, 0.15) is 0 Å². The van der Waals surface area contributed by atoms with E-state index in [0.29, 0.717) is 0 Å². The number of hydrogen-bond acceptors (Lipinski definition) is 6. The fourth-order valence-corrected chi connectivity index (χ4v) is 5.66. The Kier molecular flexibility index (Phi) is 6.79. The maximum Gasteiger partial charge on any atom is 0.289 e. The van der Waals surface area contributed by atoms with Crippen LogP contribution in [0.3, 0.4) is 0 Å². The van der Waals surface area contributed by atoms with Gasteiger partial charge in [-0.1, -0.05) is 18.2 Å². The van der Waals surface area contributed by atoms with Gasteiger partial charge in [0, 0.05) is 37.1 Å². The Labute approximate surface area is 180 Å². The van der Waals surface area contributed by atoms with Crippen LogP contribution < -0.4 is 0 Å². The number of para-hydroxylation sites is 1. The van der Waals surface area contributed by atoms with Crippen LogP contribution in [0.5, 0.6) is 0 Å². The Hall–Kier alpha value is -2.43. The summed E-state index contributed by atoms with van der Waals surface area (Å²) in [6, 6.07) is 11.4. The molecule has 0 N–H and O–H groups in total. The number of hydrogen-bond donors (Lipinski definition) is 0. The fraction of sp³-hybridized carbons (Fsp3) is 0.350. The molecule has 1 heterocycles. The highest BCUT2D eigenvalue weighted by molar-refractivity contribution is 8.00. The summed E-state index contributed by atoms with van der Waals surface area (Å²) in [6.07, 6.45) is 0. The van der Waals surface area contributed by atoms with Crippen LogP contribution in [-0.4, -0.2) is 60.4 Å². The first-order chi connectivity index (χ1) is 14.2. The van der Waals surface area contributed by atoms with Crippen LogP contribution in [0, 0.1) is 24.0 Å². The molecule has 0 saturated carbocycles. The van der Waals surface area contributed by atoms with E-state index >= 15 is 0 Å². The van der Waals surface area contributed by atoms with E-state index in [2.05, 4.69) is 0 Å². The largest absolute Gasteiger partial charge is 0.339 e. The van der Waals surface area contributed by atoms with Crippen LogP contribution >= 0.6 is 11.8 Å². The van der Waals surface area contributed by atoms with Crippen molar-refractivity contribution < 1.29 is 18.1 Å². The van der Waals surface area contributed by atoms with Crippen molar-refractivity contribution >= 4 is 33.4 Å². The second kappa shape index (κ2) is 9.15. The molecular weight excluding hydrogens is 426 g/mol. The number of nitro groups is 1. The molecule has 10 heteroatoms. The van der Waals surface area contributed by atoms with Crippen LogP contribution in [0.25, 0.3) is 0 Å². The van der Waals surface area contributed by atoms with E-state index in [1.165, 1.54) is 51.5 Å². The first-order valence-corrected chi connectivity index (χ1v) is 11.8. The number of carbonyl (C=O) groups is 1. The third-order valence-corrected chi connectivity index (χ3v) is 8.04. The Balaban J connectivity index is 1.60. The predicted octanol–water partition coefficient (Wildman–Crippen LogP) is 2.84. The van der Waals surface area contributed by atoms with Gasteiger partial charge in [-0.15, -0.1) is 11.8 Å². The number of benzene rings is 2. The molecule has 3 rings (SSSR count). The summed E-state index contributed by atoms with van der Waals surface area (Å²) in [5.41, 5.74) is 1.92. The van der Waals surface area contributed by atoms with Crippen molar-refractivity contribution in [1.29, 1.82) is 0 Å². The molecule has 0 spiro atoms. The molecule has 0 aliphatic carbocycles. The Morgan fingerprint density at radius 3 is 2.37 bits per heavy atom. The molecular formula is C20H23N3O5S2. The monoisotopic (exact) mass is 449 g/mol. The number of aryl methyl sites for hydroxylation is 2. The quantitative estimate of drug-likeness (QED) is 0.382. The highest BCUT2D eigenvalue weighted by atomic mass is 32.2. The van der Waals surface area contributed by atoms with E-state index in [9.17, 15) is 23.3 Å². The van der Waals surface area contributed by atoms with Gasteiger partial charge in [0.2, 0.25) is 15.9 Å². The van der Waals surface area contributed by atoms with Gasteiger partial charge in [-0.2, -0.15) is 4.31 Å². The Bertz CT molecular complexity index is 1060. The number of nitro benzene ring substituents is 1. The molecule has 160 valence electrons. The summed E-state index contributed by atoms with van der Waals surface area (Å²) in [5.74, 6) is 0.223. The smallest absolute Gasteiger partial charge is 0.289 e. The molecule has 1 amide bonds. The number of nitrogens with zero attached hydrogens (tertiary/aromatic N) is 3. The second-order valence-corrected chi connectivity index (χ2v) is 10.00. The first kappa shape index (κ1) is 22.3. The molecule has 1 saturated heterocycles. The highest BCUT2D eigenvalue weighted by Crippen LogP contribution is 2.27. The third kappa shape index (κ3) is 4.82. The van der Waals surface area contributed by atoms with Gasteiger partial charge in [0.15, 0.2) is 4.90 Å². The van der Waals surface area contributed by atoms with E-state index < -0.39 is 20.6 Å². The Morgan fingerprint density at radius 1 is 1.07 bits per heavy atom. The molecule has 0 radical (unpaired) electrons. The number of piperazine rings is 1. The maximum absolute atomic E-state index is 12.9. The minimum Gasteiger partial charge on any atom is -0.339 e. The van der Waals surface area contributed by atoms with E-state index in [4.69, 9.17) is 0 Å². The lowest BCUT2D eigenvalue weighted by atomic mass is 10.1. The topological polar surface area (TPSA) is 101 Å². The zero-order chi connectivity index (χ0) is 21.9. The third-order valence-electron chi connectivity index (χ3n) is 5.11. The van der Waals surface area contributed by atoms with Crippen LogP contribution in [-0.2, 0) is 14.8 Å². The van der Waals surface area contributed by atoms with Crippen molar-refractivity contribution in [1.82, 2.24) is 9.21 Å². The minimum absolute atomic E-state index is 0.0547. The average Bonchev–Trinajstić information content (AvgIpc) is 2.74. The van der Waals surface area contributed by atoms with Gasteiger partial charge < -0.3 is 4.90 Å². The number of rotatable bonds is 6. The van der Waals surface area contributed by atoms with Crippen molar-refractivity contribution in [3.63, 3.8) is 0 Å². The maximum atomic E-state index is 12.9. The lowest BCUT2D eigenvalue weighted by Crippen LogP contribution is -2.51. The molecule has 1 aliphatic rings. The van der Waals surface area contributed by atoms with Crippen molar-refractivity contribution in [2.75, 3.05) is 31.9 Å². The van der Waals surface area contributed by atoms with Gasteiger partial charge in [0.25, 0.3) is 5.69 Å². The molecule has 0 unspecified atom stereocenters. The van der Waals surface area contributed by atoms with Crippen molar-refractivity contribution in [3.8, 4) is 0 Å². The molecule has 8 nitrogen and oxygen atoms in total. The van der Waals surface area contributed by atoms with Gasteiger partial charge in [-0.05, 0) is 43.2 Å². The zero-order valence-corrected chi connectivity index (χ0v) is 18.4. The zero-order valence-electron chi connectivity index (χ0n) is 16.8. The van der Waals surface area contributed by atoms with Crippen LogP contribution in [0.4, 0.5) is 5.69 Å². The van der Waals surface area contributed by atoms with Crippen molar-refractivity contribution in [3.05, 3.63) is 63.7 Å². The van der Waals surface area contributed by atoms with Gasteiger partial charge in [0.05, 0.1) is 10.7 Å². The van der Waals surface area contributed by atoms with Crippen molar-refractivity contribution in [2.24, 2.45) is 0 Å². The van der Waals surface area contributed by atoms with Gasteiger partial charge in [-0.25, -0.2) is 8.42 Å². The molecule has 0 aromatic heterocycles. The first-order valence-electron chi connectivity index (χ1n) is 9.41. The Morgan fingerprint density at radius 2 is 1.73 bits per heavy atom. The molecule has 2 aromatic carbocycles. The van der Waals surface area contributed by atoms with E-state index in [0.717, 1.165) is 4.90 Å². The van der Waals surface area contributed by atoms with Crippen LogP contribution in [0.1, 0.15) is 11.1 Å². The molecule has 30 heavy (non-hydrogen) atoms. The number of carbonyl (C=O) groups excluding carboxylic acids is 1. The standard InChI is InChI=1S/C20H23N3O5S2/c1-15-7-8-17(13-16(15)2)29-14-20(24)21-9-11-22(12-10-21)30(27,28)19-6-4-3-5-18(19)23(25)26/h3-8,13H,9-12,14H2,1-2H3. The fourth-order valence-electron chi connectivity index (χ4n) is 3.18. The highest BCUT2D eigenvalue weighted by Gasteiger charge is 2.34. The normalized spacial score (nSPS) is 15.2. The van der Waals surface area contributed by atoms with Gasteiger partial charge >= 0.3 is 0 Å². The predicted molar refractivity (Wildman–Crippen MR) is 115 cm³/mol. The molecule has 0 bridgehead atoms. The van der Waals surface area contributed by atoms with E-state index in [1.54, 1.807) is 4.90 Å². The summed E-state index contributed by atoms with van der Waals surface area (Å²) >= 11 is 1.46. The van der Waals surface area contributed by atoms with Crippen molar-refractivity contribution in [2.45, 2.75) is 23.6 Å².